The second kappa shape index (κ2) is 13.5. The molecule has 10 aromatic carbocycles. The average molecular weight is 832 g/mol. The standard InChI is InChI=1S/C61H37NOS/c1-2-14-38(15-3-1)39-26-30-41(31-27-39)62(43-34-35-47-46-18-6-11-23-54(46)61(55(47)36-43)52-21-9-4-16-44(52)45-17-5-10-22-53(45)61)42-32-28-40(29-33-42)50-37-51-48-19-8-13-25-57(48)64-60(51)58-49-20-7-12-24-56(49)63-59(50)58/h1-37H. The molecule has 2 aliphatic rings. The molecule has 64 heavy (non-hydrogen) atoms. The Labute approximate surface area is 374 Å². The third kappa shape index (κ3) is 4.90. The van der Waals surface area contributed by atoms with Crippen molar-refractivity contribution in [3.8, 4) is 44.5 Å². The SMILES string of the molecule is c1ccc(-c2ccc(N(c3ccc(-c4cc5c6ccccc6sc5c5c4oc4ccccc45)cc3)c3ccc4c(c3)C3(c5ccccc5-c5ccccc53)c3ccccc3-4)cc2)cc1. The molecule has 0 fully saturated rings. The summed E-state index contributed by atoms with van der Waals surface area (Å²) in [4.78, 5) is 2.43. The van der Waals surface area contributed by atoms with E-state index in [0.717, 1.165) is 44.7 Å². The Morgan fingerprint density at radius 2 is 0.875 bits per heavy atom. The smallest absolute Gasteiger partial charge is 0.144 e. The van der Waals surface area contributed by atoms with Gasteiger partial charge in [0.25, 0.3) is 0 Å². The third-order valence-electron chi connectivity index (χ3n) is 13.9. The van der Waals surface area contributed by atoms with Crippen LogP contribution in [0.3, 0.4) is 0 Å². The highest BCUT2D eigenvalue weighted by molar-refractivity contribution is 7.26. The Kier molecular flexibility index (Phi) is 7.51. The fourth-order valence-corrected chi connectivity index (χ4v) is 12.4. The number of anilines is 3. The zero-order chi connectivity index (χ0) is 41.9. The van der Waals surface area contributed by atoms with Gasteiger partial charge in [-0.15, -0.1) is 11.3 Å². The highest BCUT2D eigenvalue weighted by atomic mass is 32.1. The van der Waals surface area contributed by atoms with Gasteiger partial charge < -0.3 is 9.32 Å². The second-order valence-corrected chi connectivity index (χ2v) is 18.2. The number of nitrogens with zero attached hydrogens (tertiary/aromatic N) is 1. The van der Waals surface area contributed by atoms with E-state index in [9.17, 15) is 0 Å². The molecule has 0 radical (unpaired) electrons. The molecule has 12 aromatic rings. The van der Waals surface area contributed by atoms with E-state index in [2.05, 4.69) is 229 Å². The first kappa shape index (κ1) is 35.6. The molecular formula is C61H37NOS. The van der Waals surface area contributed by atoms with Gasteiger partial charge in [-0.3, -0.25) is 0 Å². The largest absolute Gasteiger partial charge is 0.455 e. The van der Waals surface area contributed by atoms with E-state index < -0.39 is 5.41 Å². The van der Waals surface area contributed by atoms with Gasteiger partial charge in [0.2, 0.25) is 0 Å². The summed E-state index contributed by atoms with van der Waals surface area (Å²) in [6.45, 7) is 0. The molecule has 14 rings (SSSR count). The van der Waals surface area contributed by atoms with Gasteiger partial charge in [-0.2, -0.15) is 0 Å². The first-order valence-corrected chi connectivity index (χ1v) is 22.8. The van der Waals surface area contributed by atoms with Gasteiger partial charge in [0, 0.05) is 53.6 Å². The quantitative estimate of drug-likeness (QED) is 0.172. The van der Waals surface area contributed by atoms with Crippen molar-refractivity contribution in [2.45, 2.75) is 5.41 Å². The highest BCUT2D eigenvalue weighted by Crippen LogP contribution is 2.63. The van der Waals surface area contributed by atoms with Crippen LogP contribution in [0.2, 0.25) is 0 Å². The molecular weight excluding hydrogens is 795 g/mol. The average Bonchev–Trinajstić information content (AvgIpc) is 4.10. The zero-order valence-corrected chi connectivity index (χ0v) is 35.4. The molecule has 0 atom stereocenters. The maximum absolute atomic E-state index is 6.77. The Bertz CT molecular complexity index is 3770. The van der Waals surface area contributed by atoms with Crippen molar-refractivity contribution in [3.63, 3.8) is 0 Å². The van der Waals surface area contributed by atoms with Gasteiger partial charge in [-0.25, -0.2) is 0 Å². The van der Waals surface area contributed by atoms with Crippen LogP contribution in [0.15, 0.2) is 229 Å². The van der Waals surface area contributed by atoms with Crippen molar-refractivity contribution < 1.29 is 4.42 Å². The van der Waals surface area contributed by atoms with Gasteiger partial charge in [0.15, 0.2) is 0 Å². The fourth-order valence-electron chi connectivity index (χ4n) is 11.2. The molecule has 0 bridgehead atoms. The van der Waals surface area contributed by atoms with Crippen LogP contribution in [0, 0.1) is 0 Å². The Morgan fingerprint density at radius 1 is 0.359 bits per heavy atom. The molecule has 298 valence electrons. The van der Waals surface area contributed by atoms with E-state index in [0.29, 0.717) is 0 Å². The molecule has 2 aromatic heterocycles. The lowest BCUT2D eigenvalue weighted by Gasteiger charge is -2.32. The summed E-state index contributed by atoms with van der Waals surface area (Å²) >= 11 is 1.85. The Hall–Kier alpha value is -7.98. The molecule has 2 heterocycles. The van der Waals surface area contributed by atoms with Crippen molar-refractivity contribution in [1.82, 2.24) is 0 Å². The summed E-state index contributed by atoms with van der Waals surface area (Å²) in [6.07, 6.45) is 0. The molecule has 2 aliphatic carbocycles. The van der Waals surface area contributed by atoms with Crippen LogP contribution in [-0.4, -0.2) is 0 Å². The first-order valence-electron chi connectivity index (χ1n) is 22.0. The number of hydrogen-bond acceptors (Lipinski definition) is 3. The van der Waals surface area contributed by atoms with E-state index in [4.69, 9.17) is 4.42 Å². The molecule has 1 spiro atoms. The number of benzene rings is 10. The van der Waals surface area contributed by atoms with Crippen LogP contribution < -0.4 is 4.90 Å². The molecule has 0 unspecified atom stereocenters. The van der Waals surface area contributed by atoms with Crippen molar-refractivity contribution in [1.29, 1.82) is 0 Å². The van der Waals surface area contributed by atoms with Crippen molar-refractivity contribution in [3.05, 3.63) is 247 Å². The predicted molar refractivity (Wildman–Crippen MR) is 268 cm³/mol. The van der Waals surface area contributed by atoms with Gasteiger partial charge in [-0.05, 0) is 116 Å². The summed E-state index contributed by atoms with van der Waals surface area (Å²) in [5.41, 5.74) is 19.8. The third-order valence-corrected chi connectivity index (χ3v) is 15.1. The topological polar surface area (TPSA) is 16.4 Å². The summed E-state index contributed by atoms with van der Waals surface area (Å²) in [7, 11) is 0. The molecule has 0 amide bonds. The van der Waals surface area contributed by atoms with Gasteiger partial charge in [0.1, 0.15) is 11.2 Å². The zero-order valence-electron chi connectivity index (χ0n) is 34.6. The maximum atomic E-state index is 6.77. The molecule has 0 N–H and O–H groups in total. The maximum Gasteiger partial charge on any atom is 0.144 e. The predicted octanol–water partition coefficient (Wildman–Crippen LogP) is 17.1. The molecule has 0 aliphatic heterocycles. The van der Waals surface area contributed by atoms with Gasteiger partial charge >= 0.3 is 0 Å². The van der Waals surface area contributed by atoms with E-state index in [1.54, 1.807) is 0 Å². The van der Waals surface area contributed by atoms with Crippen LogP contribution in [0.25, 0.3) is 86.6 Å². The van der Waals surface area contributed by atoms with Crippen LogP contribution in [0.5, 0.6) is 0 Å². The summed E-state index contributed by atoms with van der Waals surface area (Å²) < 4.78 is 9.33. The molecule has 3 heteroatoms. The summed E-state index contributed by atoms with van der Waals surface area (Å²) in [5, 5.41) is 4.89. The minimum absolute atomic E-state index is 0.440. The van der Waals surface area contributed by atoms with E-state index >= 15 is 0 Å². The lowest BCUT2D eigenvalue weighted by Crippen LogP contribution is -2.26. The van der Waals surface area contributed by atoms with E-state index in [1.807, 2.05) is 11.3 Å². The van der Waals surface area contributed by atoms with E-state index in [-0.39, 0.29) is 0 Å². The van der Waals surface area contributed by atoms with Crippen molar-refractivity contribution in [2.24, 2.45) is 0 Å². The van der Waals surface area contributed by atoms with Crippen molar-refractivity contribution >= 4 is 70.5 Å². The van der Waals surface area contributed by atoms with Gasteiger partial charge in [0.05, 0.1) is 5.41 Å². The summed E-state index contributed by atoms with van der Waals surface area (Å²) in [5.74, 6) is 0. The number of furan rings is 1. The monoisotopic (exact) mass is 831 g/mol. The number of rotatable bonds is 5. The molecule has 2 nitrogen and oxygen atoms in total. The number of thiophene rings is 1. The lowest BCUT2D eigenvalue weighted by atomic mass is 9.70. The van der Waals surface area contributed by atoms with Crippen LogP contribution in [0.4, 0.5) is 17.1 Å². The lowest BCUT2D eigenvalue weighted by molar-refractivity contribution is 0.670. The minimum atomic E-state index is -0.440. The van der Waals surface area contributed by atoms with Crippen LogP contribution in [-0.2, 0) is 5.41 Å². The second-order valence-electron chi connectivity index (χ2n) is 17.1. The van der Waals surface area contributed by atoms with E-state index in [1.165, 1.54) is 81.2 Å². The Morgan fingerprint density at radius 3 is 1.55 bits per heavy atom. The normalized spacial score (nSPS) is 13.1. The Balaban J connectivity index is 0.972. The van der Waals surface area contributed by atoms with Crippen LogP contribution in [0.1, 0.15) is 22.3 Å². The number of para-hydroxylation sites is 1. The van der Waals surface area contributed by atoms with Crippen molar-refractivity contribution in [2.75, 3.05) is 4.90 Å². The molecule has 0 saturated heterocycles. The first-order chi connectivity index (χ1) is 31.7. The van der Waals surface area contributed by atoms with Gasteiger partial charge in [-0.1, -0.05) is 170 Å². The number of hydrogen-bond donors (Lipinski definition) is 0. The fraction of sp³-hybridized carbons (Fsp3) is 0.0164. The van der Waals surface area contributed by atoms with Crippen LogP contribution >= 0.6 is 11.3 Å². The number of fused-ring (bicyclic) bond motifs is 17. The highest BCUT2D eigenvalue weighted by Gasteiger charge is 2.51. The molecule has 0 saturated carbocycles. The summed E-state index contributed by atoms with van der Waals surface area (Å²) in [6, 6.07) is 82.6. The minimum Gasteiger partial charge on any atom is -0.455 e.